The van der Waals surface area contributed by atoms with E-state index in [-0.39, 0.29) is 30.8 Å². The minimum atomic E-state index is -0.861. The van der Waals surface area contributed by atoms with Crippen molar-refractivity contribution in [3.05, 3.63) is 0 Å². The number of carboxylic acid groups (broad SMARTS) is 1. The predicted molar refractivity (Wildman–Crippen MR) is 78.6 cm³/mol. The van der Waals surface area contributed by atoms with Crippen LogP contribution in [0, 0.1) is 17.8 Å². The Balaban J connectivity index is 2.40. The van der Waals surface area contributed by atoms with E-state index in [0.717, 1.165) is 6.42 Å². The molecule has 0 saturated carbocycles. The number of nitrogens with zero attached hydrogens (tertiary/aromatic N) is 1. The van der Waals surface area contributed by atoms with Crippen LogP contribution in [-0.2, 0) is 14.4 Å². The molecule has 2 amide bonds. The first-order valence-corrected chi connectivity index (χ1v) is 7.56. The number of hydrogen-bond acceptors (Lipinski definition) is 3. The topological polar surface area (TPSA) is 86.7 Å². The third kappa shape index (κ3) is 6.14. The lowest BCUT2D eigenvalue weighted by molar-refractivity contribution is -0.147. The number of carbonyl (C=O) groups excluding carboxylic acids is 2. The van der Waals surface area contributed by atoms with Crippen molar-refractivity contribution < 1.29 is 19.5 Å². The van der Waals surface area contributed by atoms with Crippen LogP contribution in [0.5, 0.6) is 0 Å². The molecule has 21 heavy (non-hydrogen) atoms. The molecule has 2 unspecified atom stereocenters. The fraction of sp³-hybridized carbons (Fsp3) is 0.800. The van der Waals surface area contributed by atoms with Gasteiger partial charge in [-0.2, -0.15) is 0 Å². The van der Waals surface area contributed by atoms with E-state index in [0.29, 0.717) is 25.3 Å². The highest BCUT2D eigenvalue weighted by Gasteiger charge is 2.31. The quantitative estimate of drug-likeness (QED) is 0.769. The average molecular weight is 298 g/mol. The summed E-state index contributed by atoms with van der Waals surface area (Å²) in [5, 5.41) is 11.7. The largest absolute Gasteiger partial charge is 0.481 e. The number of carboxylic acids is 1. The molecule has 2 atom stereocenters. The third-order valence-electron chi connectivity index (χ3n) is 3.75. The van der Waals surface area contributed by atoms with Gasteiger partial charge in [0.1, 0.15) is 0 Å². The zero-order chi connectivity index (χ0) is 16.0. The summed E-state index contributed by atoms with van der Waals surface area (Å²) in [6.07, 6.45) is 1.81. The Morgan fingerprint density at radius 1 is 1.29 bits per heavy atom. The maximum atomic E-state index is 12.1. The molecular formula is C15H26N2O4. The highest BCUT2D eigenvalue weighted by Crippen LogP contribution is 2.21. The smallest absolute Gasteiger partial charge is 0.308 e. The normalized spacial score (nSPS) is 22.2. The minimum Gasteiger partial charge on any atom is -0.481 e. The molecule has 0 radical (unpaired) electrons. The molecule has 0 bridgehead atoms. The number of rotatable bonds is 6. The fourth-order valence-electron chi connectivity index (χ4n) is 2.53. The lowest BCUT2D eigenvalue weighted by Crippen LogP contribution is -2.48. The molecule has 2 N–H and O–H groups in total. The van der Waals surface area contributed by atoms with E-state index in [1.807, 2.05) is 20.8 Å². The molecule has 1 rings (SSSR count). The van der Waals surface area contributed by atoms with Crippen molar-refractivity contribution in [3.63, 3.8) is 0 Å². The standard InChI is InChI=1S/C15H26N2O4/c1-10(2)4-5-13(18)16-7-14(19)17-8-11(3)6-12(9-17)15(20)21/h10-12H,4-9H2,1-3H3,(H,16,18)(H,20,21). The van der Waals surface area contributed by atoms with Crippen molar-refractivity contribution in [3.8, 4) is 0 Å². The van der Waals surface area contributed by atoms with Crippen LogP contribution in [0.2, 0.25) is 0 Å². The fourth-order valence-corrected chi connectivity index (χ4v) is 2.53. The number of hydrogen-bond donors (Lipinski definition) is 2. The summed E-state index contributed by atoms with van der Waals surface area (Å²) < 4.78 is 0. The number of nitrogens with one attached hydrogen (secondary N) is 1. The van der Waals surface area contributed by atoms with Gasteiger partial charge < -0.3 is 15.3 Å². The van der Waals surface area contributed by atoms with Gasteiger partial charge in [0.15, 0.2) is 0 Å². The van der Waals surface area contributed by atoms with Gasteiger partial charge in [0.2, 0.25) is 11.8 Å². The third-order valence-corrected chi connectivity index (χ3v) is 3.75. The van der Waals surface area contributed by atoms with Crippen LogP contribution in [0.3, 0.4) is 0 Å². The van der Waals surface area contributed by atoms with Crippen LogP contribution in [0.25, 0.3) is 0 Å². The Morgan fingerprint density at radius 3 is 2.52 bits per heavy atom. The van der Waals surface area contributed by atoms with Gasteiger partial charge >= 0.3 is 5.97 Å². The monoisotopic (exact) mass is 298 g/mol. The SMILES string of the molecule is CC(C)CCC(=O)NCC(=O)N1CC(C)CC(C(=O)O)C1. The second kappa shape index (κ2) is 8.00. The van der Waals surface area contributed by atoms with Gasteiger partial charge in [-0.1, -0.05) is 20.8 Å². The lowest BCUT2D eigenvalue weighted by atomic mass is 9.90. The van der Waals surface area contributed by atoms with E-state index in [4.69, 9.17) is 5.11 Å². The molecule has 1 saturated heterocycles. The van der Waals surface area contributed by atoms with Gasteiger partial charge in [-0.3, -0.25) is 14.4 Å². The first kappa shape index (κ1) is 17.5. The number of aliphatic carboxylic acids is 1. The van der Waals surface area contributed by atoms with Gasteiger partial charge in [-0.15, -0.1) is 0 Å². The van der Waals surface area contributed by atoms with Crippen LogP contribution in [0.1, 0.15) is 40.0 Å². The van der Waals surface area contributed by atoms with Crippen LogP contribution >= 0.6 is 0 Å². The molecule has 6 nitrogen and oxygen atoms in total. The van der Waals surface area contributed by atoms with Crippen LogP contribution in [-0.4, -0.2) is 47.4 Å². The van der Waals surface area contributed by atoms with Crippen LogP contribution in [0.4, 0.5) is 0 Å². The second-order valence-corrected chi connectivity index (χ2v) is 6.38. The van der Waals surface area contributed by atoms with Crippen molar-refractivity contribution in [2.45, 2.75) is 40.0 Å². The van der Waals surface area contributed by atoms with Gasteiger partial charge in [0, 0.05) is 19.5 Å². The summed E-state index contributed by atoms with van der Waals surface area (Å²) in [5.74, 6) is -1.08. The Kier molecular flexibility index (Phi) is 6.65. The van der Waals surface area contributed by atoms with E-state index in [1.165, 1.54) is 0 Å². The van der Waals surface area contributed by atoms with Gasteiger partial charge in [0.25, 0.3) is 0 Å². The molecule has 1 fully saturated rings. The van der Waals surface area contributed by atoms with Crippen molar-refractivity contribution in [1.82, 2.24) is 10.2 Å². The predicted octanol–water partition coefficient (Wildman–Crippen LogP) is 1.11. The highest BCUT2D eigenvalue weighted by atomic mass is 16.4. The molecule has 1 aliphatic rings. The first-order chi connectivity index (χ1) is 9.79. The number of amides is 2. The van der Waals surface area contributed by atoms with Gasteiger partial charge in [-0.25, -0.2) is 0 Å². The number of carbonyl (C=O) groups is 3. The molecule has 6 heteroatoms. The summed E-state index contributed by atoms with van der Waals surface area (Å²) in [6, 6.07) is 0. The van der Waals surface area contributed by atoms with Crippen molar-refractivity contribution in [1.29, 1.82) is 0 Å². The first-order valence-electron chi connectivity index (χ1n) is 7.56. The summed E-state index contributed by atoms with van der Waals surface area (Å²) in [7, 11) is 0. The summed E-state index contributed by atoms with van der Waals surface area (Å²) in [5.41, 5.74) is 0. The molecule has 0 aromatic rings. The number of likely N-dealkylation sites (tertiary alicyclic amines) is 1. The van der Waals surface area contributed by atoms with Gasteiger partial charge in [-0.05, 0) is 24.7 Å². The van der Waals surface area contributed by atoms with Crippen LogP contribution < -0.4 is 5.32 Å². The Labute approximate surface area is 125 Å². The lowest BCUT2D eigenvalue weighted by Gasteiger charge is -2.34. The van der Waals surface area contributed by atoms with E-state index < -0.39 is 11.9 Å². The van der Waals surface area contributed by atoms with Crippen molar-refractivity contribution >= 4 is 17.8 Å². The zero-order valence-electron chi connectivity index (χ0n) is 13.1. The average Bonchev–Trinajstić information content (AvgIpc) is 2.41. The Morgan fingerprint density at radius 2 is 1.95 bits per heavy atom. The maximum absolute atomic E-state index is 12.1. The van der Waals surface area contributed by atoms with E-state index in [9.17, 15) is 14.4 Å². The minimum absolute atomic E-state index is 0.0456. The number of piperidine rings is 1. The molecule has 0 aromatic heterocycles. The molecule has 120 valence electrons. The van der Waals surface area contributed by atoms with E-state index in [1.54, 1.807) is 4.90 Å². The summed E-state index contributed by atoms with van der Waals surface area (Å²) in [4.78, 5) is 36.3. The molecular weight excluding hydrogens is 272 g/mol. The molecule has 1 heterocycles. The second-order valence-electron chi connectivity index (χ2n) is 6.38. The Hall–Kier alpha value is -1.59. The Bertz CT molecular complexity index is 395. The van der Waals surface area contributed by atoms with Gasteiger partial charge in [0.05, 0.1) is 12.5 Å². The zero-order valence-corrected chi connectivity index (χ0v) is 13.1. The van der Waals surface area contributed by atoms with Crippen molar-refractivity contribution in [2.75, 3.05) is 19.6 Å². The van der Waals surface area contributed by atoms with Crippen molar-refractivity contribution in [2.24, 2.45) is 17.8 Å². The highest BCUT2D eigenvalue weighted by molar-refractivity contribution is 5.85. The molecule has 1 aliphatic heterocycles. The summed E-state index contributed by atoms with van der Waals surface area (Å²) >= 11 is 0. The van der Waals surface area contributed by atoms with E-state index in [2.05, 4.69) is 5.32 Å². The maximum Gasteiger partial charge on any atom is 0.308 e. The molecule has 0 spiro atoms. The van der Waals surface area contributed by atoms with Crippen LogP contribution in [0.15, 0.2) is 0 Å². The molecule has 0 aliphatic carbocycles. The summed E-state index contributed by atoms with van der Waals surface area (Å²) in [6.45, 7) is 6.77. The molecule has 0 aromatic carbocycles. The van der Waals surface area contributed by atoms with E-state index >= 15 is 0 Å².